The van der Waals surface area contributed by atoms with Crippen molar-refractivity contribution in [1.29, 1.82) is 0 Å². The zero-order valence-electron chi connectivity index (χ0n) is 19.0. The van der Waals surface area contributed by atoms with E-state index in [0.29, 0.717) is 24.9 Å². The number of pyridine rings is 1. The number of nitrogens with one attached hydrogen (secondary N) is 1. The monoisotopic (exact) mass is 454 g/mol. The van der Waals surface area contributed by atoms with Gasteiger partial charge in [0.25, 0.3) is 0 Å². The Balaban J connectivity index is 1.71. The van der Waals surface area contributed by atoms with Crippen molar-refractivity contribution in [3.63, 3.8) is 0 Å². The summed E-state index contributed by atoms with van der Waals surface area (Å²) in [5.41, 5.74) is 2.78. The van der Waals surface area contributed by atoms with E-state index < -0.39 is 0 Å². The third-order valence-corrected chi connectivity index (χ3v) is 5.91. The van der Waals surface area contributed by atoms with E-state index in [1.165, 1.54) is 11.8 Å². The van der Waals surface area contributed by atoms with Gasteiger partial charge in [0.05, 0.1) is 5.25 Å². The molecule has 0 radical (unpaired) electrons. The number of amides is 1. The number of carbonyl (C=O) groups is 1. The molecule has 0 saturated carbocycles. The van der Waals surface area contributed by atoms with Gasteiger partial charge in [-0.3, -0.25) is 9.78 Å². The number of thioether (sulfide) groups is 1. The summed E-state index contributed by atoms with van der Waals surface area (Å²) in [5, 5.41) is 12.1. The van der Waals surface area contributed by atoms with Gasteiger partial charge in [0.1, 0.15) is 0 Å². The van der Waals surface area contributed by atoms with Gasteiger partial charge in [-0.2, -0.15) is 0 Å². The smallest absolute Gasteiger partial charge is 0.237 e. The van der Waals surface area contributed by atoms with Crippen LogP contribution in [0.5, 0.6) is 0 Å². The number of nitrogens with zero attached hydrogens (tertiary/aromatic N) is 5. The Bertz CT molecular complexity index is 991. The molecule has 8 nitrogen and oxygen atoms in total. The van der Waals surface area contributed by atoms with E-state index in [0.717, 1.165) is 29.2 Å². The number of ether oxygens (including phenoxy) is 1. The molecule has 0 aliphatic carbocycles. The summed E-state index contributed by atoms with van der Waals surface area (Å²) in [6.07, 6.45) is 4.30. The van der Waals surface area contributed by atoms with Gasteiger partial charge >= 0.3 is 0 Å². The quantitative estimate of drug-likeness (QED) is 0.347. The fourth-order valence-corrected chi connectivity index (χ4v) is 3.93. The third-order valence-electron chi connectivity index (χ3n) is 4.83. The molecule has 1 aromatic carbocycles. The summed E-state index contributed by atoms with van der Waals surface area (Å²) in [7, 11) is 3.97. The van der Waals surface area contributed by atoms with E-state index in [-0.39, 0.29) is 11.2 Å². The van der Waals surface area contributed by atoms with Crippen LogP contribution < -0.4 is 10.2 Å². The van der Waals surface area contributed by atoms with Crippen molar-refractivity contribution >= 4 is 29.0 Å². The largest absolute Gasteiger partial charge is 0.382 e. The van der Waals surface area contributed by atoms with Crippen molar-refractivity contribution in [2.45, 2.75) is 37.2 Å². The zero-order valence-corrected chi connectivity index (χ0v) is 19.8. The molecule has 1 atom stereocenters. The first-order valence-electron chi connectivity index (χ1n) is 10.7. The normalized spacial score (nSPS) is 11.9. The highest BCUT2D eigenvalue weighted by Gasteiger charge is 2.21. The Kier molecular flexibility index (Phi) is 8.64. The van der Waals surface area contributed by atoms with E-state index in [1.54, 1.807) is 12.4 Å². The lowest BCUT2D eigenvalue weighted by Crippen LogP contribution is -2.23. The van der Waals surface area contributed by atoms with Crippen LogP contribution in [0.4, 0.5) is 11.4 Å². The summed E-state index contributed by atoms with van der Waals surface area (Å²) < 4.78 is 7.54. The first-order chi connectivity index (χ1) is 15.5. The standard InChI is InChI=1S/C23H30N6O2S/c1-5-31-16-6-15-29-21(18-11-13-24-14-12-18)26-27-23(29)32-17(2)22(30)25-19-7-9-20(10-8-19)28(3)4/h7-14,17H,5-6,15-16H2,1-4H3,(H,25,30)/t17-/m1/s1. The van der Waals surface area contributed by atoms with Gasteiger partial charge in [0.15, 0.2) is 11.0 Å². The zero-order chi connectivity index (χ0) is 22.9. The summed E-state index contributed by atoms with van der Waals surface area (Å²) in [6.45, 7) is 5.91. The molecule has 3 aromatic rings. The highest BCUT2D eigenvalue weighted by Crippen LogP contribution is 2.28. The first-order valence-corrected chi connectivity index (χ1v) is 11.5. The average molecular weight is 455 g/mol. The Hall–Kier alpha value is -2.91. The average Bonchev–Trinajstić information content (AvgIpc) is 3.19. The van der Waals surface area contributed by atoms with E-state index in [9.17, 15) is 4.79 Å². The highest BCUT2D eigenvalue weighted by molar-refractivity contribution is 8.00. The molecule has 170 valence electrons. The Labute approximate surface area is 193 Å². The lowest BCUT2D eigenvalue weighted by Gasteiger charge is -2.15. The molecule has 0 aliphatic rings. The van der Waals surface area contributed by atoms with E-state index in [2.05, 4.69) is 25.1 Å². The summed E-state index contributed by atoms with van der Waals surface area (Å²) in [4.78, 5) is 18.9. The fraction of sp³-hybridized carbons (Fsp3) is 0.391. The van der Waals surface area contributed by atoms with Crippen molar-refractivity contribution < 1.29 is 9.53 Å². The predicted molar refractivity (Wildman–Crippen MR) is 129 cm³/mol. The molecule has 2 aromatic heterocycles. The third kappa shape index (κ3) is 6.30. The van der Waals surface area contributed by atoms with Crippen LogP contribution in [-0.2, 0) is 16.1 Å². The lowest BCUT2D eigenvalue weighted by atomic mass is 10.2. The van der Waals surface area contributed by atoms with Gasteiger partial charge in [0.2, 0.25) is 5.91 Å². The Morgan fingerprint density at radius 1 is 1.16 bits per heavy atom. The number of carbonyl (C=O) groups excluding carboxylic acids is 1. The second-order valence-corrected chi connectivity index (χ2v) is 8.74. The van der Waals surface area contributed by atoms with Gasteiger partial charge in [0, 0.05) is 63.2 Å². The molecule has 1 amide bonds. The minimum atomic E-state index is -0.344. The van der Waals surface area contributed by atoms with Gasteiger partial charge in [-0.25, -0.2) is 0 Å². The van der Waals surface area contributed by atoms with E-state index >= 15 is 0 Å². The molecule has 3 rings (SSSR count). The molecule has 0 fully saturated rings. The maximum Gasteiger partial charge on any atom is 0.237 e. The van der Waals surface area contributed by atoms with Gasteiger partial charge < -0.3 is 19.5 Å². The molecule has 0 bridgehead atoms. The lowest BCUT2D eigenvalue weighted by molar-refractivity contribution is -0.115. The van der Waals surface area contributed by atoms with Crippen LogP contribution >= 0.6 is 11.8 Å². The Morgan fingerprint density at radius 3 is 2.53 bits per heavy atom. The Morgan fingerprint density at radius 2 is 1.88 bits per heavy atom. The van der Waals surface area contributed by atoms with Gasteiger partial charge in [-0.15, -0.1) is 10.2 Å². The minimum Gasteiger partial charge on any atom is -0.382 e. The number of hydrogen-bond donors (Lipinski definition) is 1. The van der Waals surface area contributed by atoms with Crippen LogP contribution in [0.1, 0.15) is 20.3 Å². The van der Waals surface area contributed by atoms with Crippen molar-refractivity contribution in [3.8, 4) is 11.4 Å². The SMILES string of the molecule is CCOCCCn1c(S[C@H](C)C(=O)Nc2ccc(N(C)C)cc2)nnc1-c1ccncc1. The second-order valence-electron chi connectivity index (χ2n) is 7.43. The molecule has 0 unspecified atom stereocenters. The summed E-state index contributed by atoms with van der Waals surface area (Å²) in [6, 6.07) is 11.6. The summed E-state index contributed by atoms with van der Waals surface area (Å²) >= 11 is 1.40. The molecular weight excluding hydrogens is 424 g/mol. The molecule has 32 heavy (non-hydrogen) atoms. The number of hydrogen-bond acceptors (Lipinski definition) is 7. The molecule has 0 aliphatic heterocycles. The van der Waals surface area contributed by atoms with Crippen LogP contribution in [0.25, 0.3) is 11.4 Å². The molecular formula is C23H30N6O2S. The molecule has 1 N–H and O–H groups in total. The highest BCUT2D eigenvalue weighted by atomic mass is 32.2. The minimum absolute atomic E-state index is 0.0815. The molecule has 2 heterocycles. The van der Waals surface area contributed by atoms with Gasteiger partial charge in [-0.1, -0.05) is 11.8 Å². The van der Waals surface area contributed by atoms with Crippen LogP contribution in [0, 0.1) is 0 Å². The number of aromatic nitrogens is 4. The van der Waals surface area contributed by atoms with E-state index in [4.69, 9.17) is 4.74 Å². The first kappa shape index (κ1) is 23.7. The predicted octanol–water partition coefficient (Wildman–Crippen LogP) is 3.95. The fourth-order valence-electron chi connectivity index (χ4n) is 3.06. The van der Waals surface area contributed by atoms with Crippen molar-refractivity contribution in [2.24, 2.45) is 0 Å². The van der Waals surface area contributed by atoms with Crippen LogP contribution in [0.2, 0.25) is 0 Å². The topological polar surface area (TPSA) is 85.2 Å². The maximum atomic E-state index is 12.8. The van der Waals surface area contributed by atoms with Crippen LogP contribution in [-0.4, -0.2) is 58.2 Å². The van der Waals surface area contributed by atoms with Crippen molar-refractivity contribution in [1.82, 2.24) is 19.7 Å². The van der Waals surface area contributed by atoms with Crippen LogP contribution in [0.3, 0.4) is 0 Å². The summed E-state index contributed by atoms with van der Waals surface area (Å²) in [5.74, 6) is 0.681. The van der Waals surface area contributed by atoms with Crippen molar-refractivity contribution in [3.05, 3.63) is 48.8 Å². The second kappa shape index (κ2) is 11.6. The molecule has 0 saturated heterocycles. The van der Waals surface area contributed by atoms with Crippen LogP contribution in [0.15, 0.2) is 53.9 Å². The van der Waals surface area contributed by atoms with Gasteiger partial charge in [-0.05, 0) is 56.7 Å². The van der Waals surface area contributed by atoms with Crippen molar-refractivity contribution in [2.75, 3.05) is 37.5 Å². The molecule has 9 heteroatoms. The van der Waals surface area contributed by atoms with E-state index in [1.807, 2.05) is 69.2 Å². The number of benzene rings is 1. The molecule has 0 spiro atoms. The number of anilines is 2. The number of rotatable bonds is 11. The maximum absolute atomic E-state index is 12.8.